The van der Waals surface area contributed by atoms with Gasteiger partial charge in [0.2, 0.25) is 0 Å². The molecule has 3 rings (SSSR count). The first-order valence-electron chi connectivity index (χ1n) is 5.10. The Morgan fingerprint density at radius 3 is 2.94 bits per heavy atom. The highest BCUT2D eigenvalue weighted by atomic mass is 16.1. The van der Waals surface area contributed by atoms with E-state index in [4.69, 9.17) is 5.73 Å². The Kier molecular flexibility index (Phi) is 1.77. The minimum atomic E-state index is -0.424. The number of hydrogen-bond donors (Lipinski definition) is 3. The van der Waals surface area contributed by atoms with Crippen LogP contribution in [0.25, 0.3) is 11.3 Å². The molecular weight excluding hydrogens is 202 g/mol. The number of rotatable bonds is 1. The van der Waals surface area contributed by atoms with E-state index in [2.05, 4.69) is 10.3 Å². The van der Waals surface area contributed by atoms with Gasteiger partial charge in [0.1, 0.15) is 5.69 Å². The topological polar surface area (TPSA) is 70.9 Å². The summed E-state index contributed by atoms with van der Waals surface area (Å²) in [5, 5.41) is 3.30. The third-order valence-electron chi connectivity index (χ3n) is 2.83. The van der Waals surface area contributed by atoms with Crippen LogP contribution in [0.4, 0.5) is 5.69 Å². The van der Waals surface area contributed by atoms with Gasteiger partial charge in [-0.1, -0.05) is 18.2 Å². The van der Waals surface area contributed by atoms with Crippen molar-refractivity contribution in [3.05, 3.63) is 41.6 Å². The van der Waals surface area contributed by atoms with Crippen LogP contribution in [0.3, 0.4) is 0 Å². The number of nitrogens with two attached hydrogens (primary N) is 1. The van der Waals surface area contributed by atoms with E-state index in [0.29, 0.717) is 5.69 Å². The maximum Gasteiger partial charge on any atom is 0.265 e. The first kappa shape index (κ1) is 9.03. The van der Waals surface area contributed by atoms with Crippen LogP contribution in [0.2, 0.25) is 0 Å². The fraction of sp³-hybridized carbons (Fsp3) is 0.0833. The van der Waals surface area contributed by atoms with E-state index >= 15 is 0 Å². The summed E-state index contributed by atoms with van der Waals surface area (Å²) in [4.78, 5) is 14.2. The highest BCUT2D eigenvalue weighted by molar-refractivity contribution is 5.93. The normalized spacial score (nSPS) is 12.5. The molecule has 4 nitrogen and oxygen atoms in total. The van der Waals surface area contributed by atoms with Crippen LogP contribution >= 0.6 is 0 Å². The lowest BCUT2D eigenvalue weighted by Crippen LogP contribution is -2.10. The molecule has 0 atom stereocenters. The number of primary amides is 1. The number of nitrogens with one attached hydrogen (secondary N) is 2. The number of anilines is 1. The van der Waals surface area contributed by atoms with Crippen molar-refractivity contribution >= 4 is 11.6 Å². The molecule has 0 saturated heterocycles. The minimum Gasteiger partial charge on any atom is -0.380 e. The second-order valence-corrected chi connectivity index (χ2v) is 3.85. The monoisotopic (exact) mass is 213 g/mol. The number of carbonyl (C=O) groups is 1. The predicted molar refractivity (Wildman–Crippen MR) is 62.1 cm³/mol. The number of fused-ring (bicyclic) bond motifs is 3. The second kappa shape index (κ2) is 3.13. The van der Waals surface area contributed by atoms with Crippen molar-refractivity contribution in [3.63, 3.8) is 0 Å². The number of para-hydroxylation sites is 1. The number of H-pyrrole nitrogens is 1. The Morgan fingerprint density at radius 1 is 1.31 bits per heavy atom. The van der Waals surface area contributed by atoms with Gasteiger partial charge in [0, 0.05) is 17.8 Å². The highest BCUT2D eigenvalue weighted by Gasteiger charge is 2.19. The van der Waals surface area contributed by atoms with Gasteiger partial charge in [0.15, 0.2) is 0 Å². The number of amides is 1. The first-order chi connectivity index (χ1) is 7.75. The first-order valence-corrected chi connectivity index (χ1v) is 5.10. The third-order valence-corrected chi connectivity index (χ3v) is 2.83. The van der Waals surface area contributed by atoms with Gasteiger partial charge < -0.3 is 16.0 Å². The van der Waals surface area contributed by atoms with Crippen molar-refractivity contribution in [1.29, 1.82) is 0 Å². The van der Waals surface area contributed by atoms with E-state index in [1.54, 1.807) is 6.07 Å². The summed E-state index contributed by atoms with van der Waals surface area (Å²) in [6.07, 6.45) is 0. The van der Waals surface area contributed by atoms with Crippen LogP contribution in [0.1, 0.15) is 16.1 Å². The van der Waals surface area contributed by atoms with Crippen LogP contribution in [0.5, 0.6) is 0 Å². The van der Waals surface area contributed by atoms with Crippen molar-refractivity contribution in [3.8, 4) is 11.3 Å². The highest BCUT2D eigenvalue weighted by Crippen LogP contribution is 2.34. The molecule has 0 bridgehead atoms. The molecule has 1 aliphatic heterocycles. The number of aromatic amines is 1. The number of aromatic nitrogens is 1. The Labute approximate surface area is 92.5 Å². The van der Waals surface area contributed by atoms with Gasteiger partial charge in [-0.3, -0.25) is 4.79 Å². The molecule has 1 aromatic carbocycles. The fourth-order valence-electron chi connectivity index (χ4n) is 2.06. The molecule has 2 heterocycles. The summed E-state index contributed by atoms with van der Waals surface area (Å²) in [7, 11) is 0. The van der Waals surface area contributed by atoms with Crippen LogP contribution in [0, 0.1) is 0 Å². The predicted octanol–water partition coefficient (Wildman–Crippen LogP) is 1.71. The largest absolute Gasteiger partial charge is 0.380 e. The molecule has 16 heavy (non-hydrogen) atoms. The molecule has 4 heteroatoms. The number of carbonyl (C=O) groups excluding carboxylic acids is 1. The molecule has 4 N–H and O–H groups in total. The van der Waals surface area contributed by atoms with E-state index in [-0.39, 0.29) is 0 Å². The molecule has 80 valence electrons. The quantitative estimate of drug-likeness (QED) is 0.674. The minimum absolute atomic E-state index is 0.424. The molecule has 0 unspecified atom stereocenters. The summed E-state index contributed by atoms with van der Waals surface area (Å²) in [6, 6.07) is 9.79. The van der Waals surface area contributed by atoms with Crippen molar-refractivity contribution in [2.24, 2.45) is 5.73 Å². The standard InChI is InChI=1S/C12H11N3O/c13-12(16)10-5-7-6-14-9-4-2-1-3-8(9)11(7)15-10/h1-5,14-15H,6H2,(H2,13,16). The Morgan fingerprint density at radius 2 is 2.12 bits per heavy atom. The molecule has 1 aliphatic rings. The van der Waals surface area contributed by atoms with Crippen molar-refractivity contribution < 1.29 is 4.79 Å². The van der Waals surface area contributed by atoms with Gasteiger partial charge in [-0.2, -0.15) is 0 Å². The van der Waals surface area contributed by atoms with Crippen LogP contribution in [0.15, 0.2) is 30.3 Å². The smallest absolute Gasteiger partial charge is 0.265 e. The Bertz CT molecular complexity index is 571. The molecule has 0 saturated carbocycles. The van der Waals surface area contributed by atoms with Gasteiger partial charge >= 0.3 is 0 Å². The van der Waals surface area contributed by atoms with E-state index in [1.165, 1.54) is 0 Å². The van der Waals surface area contributed by atoms with Gasteiger partial charge in [-0.15, -0.1) is 0 Å². The Hall–Kier alpha value is -2.23. The van der Waals surface area contributed by atoms with Crippen LogP contribution in [-0.4, -0.2) is 10.9 Å². The number of benzene rings is 1. The van der Waals surface area contributed by atoms with E-state index in [9.17, 15) is 4.79 Å². The molecule has 0 fully saturated rings. The van der Waals surface area contributed by atoms with Crippen molar-refractivity contribution in [1.82, 2.24) is 4.98 Å². The van der Waals surface area contributed by atoms with Crippen molar-refractivity contribution in [2.75, 3.05) is 5.32 Å². The zero-order valence-corrected chi connectivity index (χ0v) is 8.58. The fourth-order valence-corrected chi connectivity index (χ4v) is 2.06. The van der Waals surface area contributed by atoms with E-state index < -0.39 is 5.91 Å². The van der Waals surface area contributed by atoms with Gasteiger partial charge in [0.25, 0.3) is 5.91 Å². The summed E-state index contributed by atoms with van der Waals surface area (Å²) >= 11 is 0. The average Bonchev–Trinajstić information content (AvgIpc) is 2.73. The summed E-state index contributed by atoms with van der Waals surface area (Å²) in [6.45, 7) is 0.718. The summed E-state index contributed by atoms with van der Waals surface area (Å²) in [5.74, 6) is -0.424. The SMILES string of the molecule is NC(=O)c1cc2c([nH]1)-c1ccccc1NC2. The summed E-state index contributed by atoms with van der Waals surface area (Å²) < 4.78 is 0. The zero-order valence-electron chi connectivity index (χ0n) is 8.58. The maximum atomic E-state index is 11.1. The molecule has 0 aliphatic carbocycles. The van der Waals surface area contributed by atoms with Crippen molar-refractivity contribution in [2.45, 2.75) is 6.54 Å². The second-order valence-electron chi connectivity index (χ2n) is 3.85. The zero-order chi connectivity index (χ0) is 11.1. The lowest BCUT2D eigenvalue weighted by Gasteiger charge is -2.17. The lowest BCUT2D eigenvalue weighted by molar-refractivity contribution is 0.0996. The molecular formula is C12H11N3O. The molecule has 2 aromatic rings. The van der Waals surface area contributed by atoms with Gasteiger partial charge in [-0.05, 0) is 17.7 Å². The lowest BCUT2D eigenvalue weighted by atomic mass is 10.0. The Balaban J connectivity index is 2.20. The van der Waals surface area contributed by atoms with Crippen LogP contribution < -0.4 is 11.1 Å². The number of hydrogen-bond acceptors (Lipinski definition) is 2. The average molecular weight is 213 g/mol. The van der Waals surface area contributed by atoms with Gasteiger partial charge in [0.05, 0.1) is 5.69 Å². The maximum absolute atomic E-state index is 11.1. The molecule has 0 radical (unpaired) electrons. The van der Waals surface area contributed by atoms with E-state index in [0.717, 1.165) is 29.1 Å². The third kappa shape index (κ3) is 1.20. The molecule has 1 amide bonds. The molecule has 1 aromatic heterocycles. The van der Waals surface area contributed by atoms with Gasteiger partial charge in [-0.25, -0.2) is 0 Å². The molecule has 0 spiro atoms. The van der Waals surface area contributed by atoms with E-state index in [1.807, 2.05) is 24.3 Å². The summed E-state index contributed by atoms with van der Waals surface area (Å²) in [5.41, 5.74) is 9.94. The van der Waals surface area contributed by atoms with Crippen LogP contribution in [-0.2, 0) is 6.54 Å².